The fourth-order valence-electron chi connectivity index (χ4n) is 1.90. The highest BCUT2D eigenvalue weighted by molar-refractivity contribution is 8.93. The molecule has 0 amide bonds. The number of aryl methyl sites for hydroxylation is 1. The van der Waals surface area contributed by atoms with Gasteiger partial charge in [-0.2, -0.15) is 0 Å². The molecule has 2 rings (SSSR count). The first-order chi connectivity index (χ1) is 8.22. The Hall–Kier alpha value is -1.49. The number of fused-ring (bicyclic) bond motifs is 1. The van der Waals surface area contributed by atoms with Crippen molar-refractivity contribution in [2.24, 2.45) is 4.99 Å². The highest BCUT2D eigenvalue weighted by atomic mass is 79.9. The number of rotatable bonds is 2. The lowest BCUT2D eigenvalue weighted by Crippen LogP contribution is -2.34. The molecule has 0 atom stereocenters. The van der Waals surface area contributed by atoms with E-state index >= 15 is 0 Å². The predicted molar refractivity (Wildman–Crippen MR) is 82.6 cm³/mol. The zero-order valence-electron chi connectivity index (χ0n) is 10.9. The molecule has 0 unspecified atom stereocenters. The van der Waals surface area contributed by atoms with Crippen LogP contribution in [0.15, 0.2) is 29.3 Å². The molecule has 0 fully saturated rings. The zero-order chi connectivity index (χ0) is 12.3. The molecule has 4 nitrogen and oxygen atoms in total. The quantitative estimate of drug-likeness (QED) is 0.589. The highest BCUT2D eigenvalue weighted by Crippen LogP contribution is 2.16. The number of hydrogen-bond donors (Lipinski definition) is 3. The lowest BCUT2D eigenvalue weighted by Gasteiger charge is -2.08. The second-order valence-corrected chi connectivity index (χ2v) is 4.05. The smallest absolute Gasteiger partial charge is 0.190 e. The fourth-order valence-corrected chi connectivity index (χ4v) is 1.90. The van der Waals surface area contributed by atoms with Gasteiger partial charge in [0.2, 0.25) is 0 Å². The molecule has 0 spiro atoms. The van der Waals surface area contributed by atoms with E-state index in [1.165, 1.54) is 22.2 Å². The Morgan fingerprint density at radius 2 is 2.11 bits per heavy atom. The van der Waals surface area contributed by atoms with E-state index in [2.05, 4.69) is 51.8 Å². The van der Waals surface area contributed by atoms with Gasteiger partial charge in [0.1, 0.15) is 0 Å². The largest absolute Gasteiger partial charge is 0.359 e. The van der Waals surface area contributed by atoms with E-state index in [0.29, 0.717) is 0 Å². The van der Waals surface area contributed by atoms with Gasteiger partial charge in [0.05, 0.1) is 0 Å². The van der Waals surface area contributed by atoms with Gasteiger partial charge in [-0.15, -0.1) is 17.0 Å². The summed E-state index contributed by atoms with van der Waals surface area (Å²) in [6.07, 6.45) is 0. The summed E-state index contributed by atoms with van der Waals surface area (Å²) >= 11 is 0. The normalized spacial score (nSPS) is 11.2. The van der Waals surface area contributed by atoms with Gasteiger partial charge in [0.15, 0.2) is 5.96 Å². The molecule has 0 saturated heterocycles. The molecule has 1 aromatic heterocycles. The van der Waals surface area contributed by atoms with Gasteiger partial charge >= 0.3 is 0 Å². The first-order valence-electron chi connectivity index (χ1n) is 5.69. The Labute approximate surface area is 118 Å². The number of H-pyrrole nitrogens is 1. The first kappa shape index (κ1) is 14.6. The van der Waals surface area contributed by atoms with Crippen LogP contribution in [0.25, 0.3) is 10.9 Å². The van der Waals surface area contributed by atoms with Crippen molar-refractivity contribution in [3.8, 4) is 0 Å². The van der Waals surface area contributed by atoms with Crippen LogP contribution < -0.4 is 10.6 Å². The number of benzene rings is 1. The van der Waals surface area contributed by atoms with Gasteiger partial charge in [-0.25, -0.2) is 0 Å². The number of nitrogens with one attached hydrogen (secondary N) is 3. The third-order valence-corrected chi connectivity index (χ3v) is 2.74. The van der Waals surface area contributed by atoms with E-state index in [4.69, 9.17) is 0 Å². The fraction of sp³-hybridized carbons (Fsp3) is 0.308. The van der Waals surface area contributed by atoms with Crippen LogP contribution in [0.2, 0.25) is 0 Å². The molecular weight excluding hydrogens is 292 g/mol. The van der Waals surface area contributed by atoms with E-state index in [0.717, 1.165) is 12.5 Å². The van der Waals surface area contributed by atoms with Crippen molar-refractivity contribution in [2.75, 3.05) is 14.1 Å². The molecule has 0 aliphatic rings. The highest BCUT2D eigenvalue weighted by Gasteiger charge is 2.00. The van der Waals surface area contributed by atoms with Crippen LogP contribution in [-0.2, 0) is 6.54 Å². The summed E-state index contributed by atoms with van der Waals surface area (Å²) < 4.78 is 0. The Bertz CT molecular complexity index is 545. The summed E-state index contributed by atoms with van der Waals surface area (Å²) in [5, 5.41) is 7.48. The lowest BCUT2D eigenvalue weighted by atomic mass is 10.1. The maximum atomic E-state index is 4.08. The van der Waals surface area contributed by atoms with Crippen LogP contribution in [0.4, 0.5) is 0 Å². The van der Waals surface area contributed by atoms with Crippen LogP contribution in [-0.4, -0.2) is 25.0 Å². The number of aromatic amines is 1. The van der Waals surface area contributed by atoms with Crippen LogP contribution >= 0.6 is 17.0 Å². The Morgan fingerprint density at radius 3 is 2.78 bits per heavy atom. The van der Waals surface area contributed by atoms with Gasteiger partial charge in [-0.3, -0.25) is 4.99 Å². The molecule has 3 N–H and O–H groups in total. The number of hydrogen-bond acceptors (Lipinski definition) is 1. The predicted octanol–water partition coefficient (Wildman–Crippen LogP) is 2.35. The van der Waals surface area contributed by atoms with Gasteiger partial charge in [-0.1, -0.05) is 6.07 Å². The van der Waals surface area contributed by atoms with Crippen molar-refractivity contribution in [2.45, 2.75) is 13.5 Å². The van der Waals surface area contributed by atoms with Crippen molar-refractivity contribution in [3.63, 3.8) is 0 Å². The molecule has 0 saturated carbocycles. The van der Waals surface area contributed by atoms with E-state index in [1.54, 1.807) is 7.05 Å². The molecule has 2 aromatic rings. The molecule has 0 radical (unpaired) electrons. The van der Waals surface area contributed by atoms with Crippen molar-refractivity contribution in [1.29, 1.82) is 0 Å². The van der Waals surface area contributed by atoms with Crippen LogP contribution in [0.1, 0.15) is 11.3 Å². The van der Waals surface area contributed by atoms with Gasteiger partial charge in [-0.05, 0) is 36.1 Å². The number of guanidine groups is 1. The summed E-state index contributed by atoms with van der Waals surface area (Å²) in [4.78, 5) is 7.39. The summed E-state index contributed by atoms with van der Waals surface area (Å²) in [6.45, 7) is 2.84. The van der Waals surface area contributed by atoms with E-state index in [9.17, 15) is 0 Å². The number of halogens is 1. The third kappa shape index (κ3) is 3.26. The molecule has 98 valence electrons. The average molecular weight is 311 g/mol. The van der Waals surface area contributed by atoms with Crippen molar-refractivity contribution < 1.29 is 0 Å². The van der Waals surface area contributed by atoms with Crippen molar-refractivity contribution in [1.82, 2.24) is 15.6 Å². The van der Waals surface area contributed by atoms with Gasteiger partial charge < -0.3 is 15.6 Å². The minimum Gasteiger partial charge on any atom is -0.359 e. The van der Waals surface area contributed by atoms with E-state index < -0.39 is 0 Å². The van der Waals surface area contributed by atoms with Crippen molar-refractivity contribution >= 4 is 33.8 Å². The molecule has 5 heteroatoms. The topological polar surface area (TPSA) is 52.2 Å². The SMILES string of the molecule is Br.CN=C(NC)NCc1ccc2[nH]c(C)cc2c1. The molecule has 0 aliphatic carbocycles. The monoisotopic (exact) mass is 310 g/mol. The second-order valence-electron chi connectivity index (χ2n) is 4.05. The van der Waals surface area contributed by atoms with Gasteiger partial charge in [0, 0.05) is 31.9 Å². The first-order valence-corrected chi connectivity index (χ1v) is 5.69. The molecule has 1 heterocycles. The minimum absolute atomic E-state index is 0. The van der Waals surface area contributed by atoms with Gasteiger partial charge in [0.25, 0.3) is 0 Å². The maximum absolute atomic E-state index is 4.08. The standard InChI is InChI=1S/C13H18N4.BrH/c1-9-6-11-7-10(4-5-12(11)17-9)8-16-13(14-2)15-3;/h4-7,17H,8H2,1-3H3,(H2,14,15,16);1H. The number of aromatic nitrogens is 1. The second kappa shape index (κ2) is 6.44. The number of aliphatic imine (C=N–C) groups is 1. The Morgan fingerprint density at radius 1 is 1.33 bits per heavy atom. The number of nitrogens with zero attached hydrogens (tertiary/aromatic N) is 1. The summed E-state index contributed by atoms with van der Waals surface area (Å²) in [5.74, 6) is 0.801. The molecule has 0 aliphatic heterocycles. The lowest BCUT2D eigenvalue weighted by molar-refractivity contribution is 0.867. The summed E-state index contributed by atoms with van der Waals surface area (Å²) in [5.41, 5.74) is 3.62. The molecule has 1 aromatic carbocycles. The van der Waals surface area contributed by atoms with Crippen molar-refractivity contribution in [3.05, 3.63) is 35.5 Å². The summed E-state index contributed by atoms with van der Waals surface area (Å²) in [6, 6.07) is 8.58. The minimum atomic E-state index is 0. The zero-order valence-corrected chi connectivity index (χ0v) is 12.6. The Balaban J connectivity index is 0.00000162. The van der Waals surface area contributed by atoms with Crippen LogP contribution in [0.5, 0.6) is 0 Å². The molecule has 0 bridgehead atoms. The van der Waals surface area contributed by atoms with E-state index in [1.807, 2.05) is 7.05 Å². The van der Waals surface area contributed by atoms with E-state index in [-0.39, 0.29) is 17.0 Å². The van der Waals surface area contributed by atoms with Crippen LogP contribution in [0, 0.1) is 6.92 Å². The maximum Gasteiger partial charge on any atom is 0.190 e. The Kier molecular flexibility index (Phi) is 5.22. The average Bonchev–Trinajstić information content (AvgIpc) is 2.69. The molecular formula is C13H19BrN4. The molecule has 18 heavy (non-hydrogen) atoms. The third-order valence-electron chi connectivity index (χ3n) is 2.74. The summed E-state index contributed by atoms with van der Waals surface area (Å²) in [7, 11) is 3.62. The van der Waals surface area contributed by atoms with Crippen LogP contribution in [0.3, 0.4) is 0 Å².